The zero-order valence-electron chi connectivity index (χ0n) is 9.30. The summed E-state index contributed by atoms with van der Waals surface area (Å²) in [6, 6.07) is 7.55. The first-order chi connectivity index (χ1) is 6.68. The van der Waals surface area contributed by atoms with E-state index in [9.17, 15) is 0 Å². The molecule has 0 fully saturated rings. The summed E-state index contributed by atoms with van der Waals surface area (Å²) >= 11 is 0. The number of nitrogens with one attached hydrogen (secondary N) is 1. The van der Waals surface area contributed by atoms with Gasteiger partial charge in [0.2, 0.25) is 0 Å². The van der Waals surface area contributed by atoms with Crippen LogP contribution in [0.15, 0.2) is 18.2 Å². The molecule has 0 unspecified atom stereocenters. The summed E-state index contributed by atoms with van der Waals surface area (Å²) in [5.41, 5.74) is 4.46. The molecule has 1 atom stereocenters. The van der Waals surface area contributed by atoms with E-state index in [1.165, 1.54) is 22.6 Å². The Hall–Kier alpha value is -0.860. The average molecular weight is 192 g/mol. The maximum Gasteiger partial charge on any atom is 0.163 e. The van der Waals surface area contributed by atoms with Gasteiger partial charge in [-0.3, -0.25) is 0 Å². The van der Waals surface area contributed by atoms with E-state index in [1.54, 1.807) is 5.56 Å². The van der Waals surface area contributed by atoms with Crippen molar-refractivity contribution in [1.29, 1.82) is 0 Å². The van der Waals surface area contributed by atoms with E-state index < -0.39 is 0 Å². The minimum Gasteiger partial charge on any atom is -0.337 e. The number of aryl methyl sites for hydroxylation is 1. The van der Waals surface area contributed by atoms with Crippen LogP contribution in [0, 0.1) is 6.92 Å². The van der Waals surface area contributed by atoms with Crippen molar-refractivity contribution in [3.8, 4) is 0 Å². The molecular weight excluding hydrogens is 172 g/mol. The van der Waals surface area contributed by atoms with Crippen molar-refractivity contribution < 1.29 is 10.2 Å². The second kappa shape index (κ2) is 3.71. The van der Waals surface area contributed by atoms with Gasteiger partial charge in [0.1, 0.15) is 13.1 Å². The fourth-order valence-corrected chi connectivity index (χ4v) is 2.33. The van der Waals surface area contributed by atoms with Crippen molar-refractivity contribution in [1.82, 2.24) is 0 Å². The minimum absolute atomic E-state index is 0.666. The molecule has 1 aliphatic rings. The Morgan fingerprint density at radius 2 is 2.14 bits per heavy atom. The number of hydrogen-bond donors (Lipinski definition) is 2. The van der Waals surface area contributed by atoms with Crippen molar-refractivity contribution in [2.24, 2.45) is 0 Å². The molecule has 1 heterocycles. The number of fused-ring (bicyclic) bond motifs is 1. The number of rotatable bonds is 1. The van der Waals surface area contributed by atoms with E-state index in [0.29, 0.717) is 6.04 Å². The number of quaternary nitrogens is 2. The lowest BCUT2D eigenvalue weighted by Crippen LogP contribution is -3.10. The van der Waals surface area contributed by atoms with Gasteiger partial charge in [-0.2, -0.15) is 0 Å². The molecular formula is C12H20N2+2. The number of benzene rings is 1. The summed E-state index contributed by atoms with van der Waals surface area (Å²) in [6.45, 7) is 4.55. The van der Waals surface area contributed by atoms with Gasteiger partial charge in [0.05, 0.1) is 14.1 Å². The third-order valence-electron chi connectivity index (χ3n) is 3.14. The Morgan fingerprint density at radius 1 is 1.36 bits per heavy atom. The lowest BCUT2D eigenvalue weighted by molar-refractivity contribution is -0.912. The second-order valence-corrected chi connectivity index (χ2v) is 4.56. The van der Waals surface area contributed by atoms with Crippen molar-refractivity contribution in [2.45, 2.75) is 19.5 Å². The van der Waals surface area contributed by atoms with Gasteiger partial charge in [-0.1, -0.05) is 17.7 Å². The highest BCUT2D eigenvalue weighted by molar-refractivity contribution is 5.33. The van der Waals surface area contributed by atoms with Gasteiger partial charge in [0.25, 0.3) is 0 Å². The highest BCUT2D eigenvalue weighted by atomic mass is 15.1. The lowest BCUT2D eigenvalue weighted by Gasteiger charge is -2.26. The summed E-state index contributed by atoms with van der Waals surface area (Å²) in [4.78, 5) is 1.53. The quantitative estimate of drug-likeness (QED) is 0.585. The molecule has 0 amide bonds. The van der Waals surface area contributed by atoms with E-state index in [1.807, 2.05) is 0 Å². The van der Waals surface area contributed by atoms with Crippen LogP contribution in [-0.4, -0.2) is 20.6 Å². The van der Waals surface area contributed by atoms with Crippen molar-refractivity contribution in [3.63, 3.8) is 0 Å². The summed E-state index contributed by atoms with van der Waals surface area (Å²) in [5, 5.41) is 2.42. The molecule has 0 saturated heterocycles. The van der Waals surface area contributed by atoms with Gasteiger partial charge < -0.3 is 10.2 Å². The smallest absolute Gasteiger partial charge is 0.163 e. The average Bonchev–Trinajstić information content (AvgIpc) is 2.16. The molecule has 0 saturated carbocycles. The van der Waals surface area contributed by atoms with Gasteiger partial charge in [-0.15, -0.1) is 0 Å². The Morgan fingerprint density at radius 3 is 2.86 bits per heavy atom. The summed E-state index contributed by atoms with van der Waals surface area (Å²) in [6.07, 6.45) is 0. The fourth-order valence-electron chi connectivity index (χ4n) is 2.33. The number of likely N-dealkylation sites (N-methyl/N-ethyl adjacent to an activating group) is 1. The van der Waals surface area contributed by atoms with Crippen LogP contribution in [0.2, 0.25) is 0 Å². The zero-order chi connectivity index (χ0) is 10.1. The predicted molar refractivity (Wildman–Crippen MR) is 57.2 cm³/mol. The molecule has 0 radical (unpaired) electrons. The topological polar surface area (TPSA) is 21.1 Å². The molecule has 0 aliphatic carbocycles. The Balaban J connectivity index is 2.40. The van der Waals surface area contributed by atoms with E-state index in [0.717, 1.165) is 6.54 Å². The van der Waals surface area contributed by atoms with Crippen LogP contribution in [0.1, 0.15) is 22.7 Å². The zero-order valence-corrected chi connectivity index (χ0v) is 9.30. The maximum atomic E-state index is 2.42. The van der Waals surface area contributed by atoms with Crippen molar-refractivity contribution >= 4 is 0 Å². The number of nitrogens with two attached hydrogens (primary N) is 1. The van der Waals surface area contributed by atoms with Crippen LogP contribution >= 0.6 is 0 Å². The molecule has 76 valence electrons. The Kier molecular flexibility index (Phi) is 2.57. The predicted octanol–water partition coefficient (Wildman–Crippen LogP) is -0.742. The van der Waals surface area contributed by atoms with Gasteiger partial charge in [-0.25, -0.2) is 0 Å². The van der Waals surface area contributed by atoms with E-state index >= 15 is 0 Å². The van der Waals surface area contributed by atoms with Crippen molar-refractivity contribution in [3.05, 3.63) is 34.9 Å². The van der Waals surface area contributed by atoms with Gasteiger partial charge in [-0.05, 0) is 13.0 Å². The van der Waals surface area contributed by atoms with E-state index in [4.69, 9.17) is 0 Å². The van der Waals surface area contributed by atoms with Gasteiger partial charge in [0, 0.05) is 11.1 Å². The molecule has 0 spiro atoms. The van der Waals surface area contributed by atoms with Crippen LogP contribution in [0.3, 0.4) is 0 Å². The van der Waals surface area contributed by atoms with Crippen LogP contribution in [0.25, 0.3) is 0 Å². The minimum atomic E-state index is 0.666. The third kappa shape index (κ3) is 1.68. The highest BCUT2D eigenvalue weighted by Gasteiger charge is 2.26. The molecule has 1 aliphatic heterocycles. The SMILES string of the molecule is Cc1ccc2c(c1)C[NH2+]C[C@@H]2[NH+](C)C. The summed E-state index contributed by atoms with van der Waals surface area (Å²) in [7, 11) is 4.49. The molecule has 14 heavy (non-hydrogen) atoms. The van der Waals surface area contributed by atoms with E-state index in [-0.39, 0.29) is 0 Å². The largest absolute Gasteiger partial charge is 0.337 e. The van der Waals surface area contributed by atoms with Crippen LogP contribution in [0.4, 0.5) is 0 Å². The first-order valence-electron chi connectivity index (χ1n) is 5.39. The van der Waals surface area contributed by atoms with E-state index in [2.05, 4.69) is 44.5 Å². The first-order valence-corrected chi connectivity index (χ1v) is 5.39. The molecule has 1 aromatic carbocycles. The lowest BCUT2D eigenvalue weighted by atomic mass is 9.94. The Bertz CT molecular complexity index is 331. The molecule has 2 rings (SSSR count). The molecule has 3 N–H and O–H groups in total. The molecule has 0 aromatic heterocycles. The normalized spacial score (nSPS) is 21.0. The summed E-state index contributed by atoms with van der Waals surface area (Å²) < 4.78 is 0. The summed E-state index contributed by atoms with van der Waals surface area (Å²) in [5.74, 6) is 0. The Labute approximate surface area is 85.9 Å². The first kappa shape index (κ1) is 9.69. The molecule has 2 heteroatoms. The van der Waals surface area contributed by atoms with Gasteiger partial charge in [0.15, 0.2) is 6.04 Å². The van der Waals surface area contributed by atoms with Crippen LogP contribution < -0.4 is 10.2 Å². The highest BCUT2D eigenvalue weighted by Crippen LogP contribution is 2.18. The standard InChI is InChI=1S/C12H18N2/c1-9-4-5-11-10(6-9)7-13-8-12(11)14(2)3/h4-6,12-13H,7-8H2,1-3H3/p+2/t12-/m0/s1. The molecule has 1 aromatic rings. The molecule has 2 nitrogen and oxygen atoms in total. The third-order valence-corrected chi connectivity index (χ3v) is 3.14. The van der Waals surface area contributed by atoms with Crippen LogP contribution in [0.5, 0.6) is 0 Å². The maximum absolute atomic E-state index is 2.42. The van der Waals surface area contributed by atoms with Crippen molar-refractivity contribution in [2.75, 3.05) is 20.6 Å². The molecule has 0 bridgehead atoms. The fraction of sp³-hybridized carbons (Fsp3) is 0.500. The monoisotopic (exact) mass is 192 g/mol. The van der Waals surface area contributed by atoms with Crippen LogP contribution in [-0.2, 0) is 6.54 Å². The van der Waals surface area contributed by atoms with Gasteiger partial charge >= 0.3 is 0 Å². The number of hydrogen-bond acceptors (Lipinski definition) is 0. The second-order valence-electron chi connectivity index (χ2n) is 4.56.